The summed E-state index contributed by atoms with van der Waals surface area (Å²) in [6.07, 6.45) is 1.71. The molecule has 7 heteroatoms. The van der Waals surface area contributed by atoms with Gasteiger partial charge in [-0.15, -0.1) is 0 Å². The first kappa shape index (κ1) is 11.4. The third-order valence-electron chi connectivity index (χ3n) is 2.46. The van der Waals surface area contributed by atoms with E-state index in [-0.39, 0.29) is 0 Å². The van der Waals surface area contributed by atoms with E-state index in [0.717, 1.165) is 20.1 Å². The van der Waals surface area contributed by atoms with E-state index in [0.29, 0.717) is 5.56 Å². The minimum atomic E-state index is -0.432. The van der Waals surface area contributed by atoms with Crippen LogP contribution in [0.2, 0.25) is 0 Å². The van der Waals surface area contributed by atoms with Crippen LogP contribution in [-0.4, -0.2) is 20.5 Å². The number of hydrogen-bond acceptors (Lipinski definition) is 4. The molecule has 0 saturated heterocycles. The van der Waals surface area contributed by atoms with Crippen LogP contribution in [0.25, 0.3) is 15.5 Å². The Morgan fingerprint density at radius 3 is 2.67 bits per heavy atom. The zero-order valence-electron chi connectivity index (χ0n) is 9.00. The average molecular weight is 323 g/mol. The van der Waals surface area contributed by atoms with Crippen molar-refractivity contribution >= 4 is 38.1 Å². The second-order valence-electron chi connectivity index (χ2n) is 3.62. The fraction of sp³-hybridized carbons (Fsp3) is 0. The molecule has 5 nitrogen and oxygen atoms in total. The van der Waals surface area contributed by atoms with Crippen molar-refractivity contribution in [2.75, 3.05) is 0 Å². The molecule has 1 amide bonds. The largest absolute Gasteiger partial charge is 0.366 e. The van der Waals surface area contributed by atoms with Gasteiger partial charge in [0, 0.05) is 11.1 Å². The monoisotopic (exact) mass is 322 g/mol. The van der Waals surface area contributed by atoms with Gasteiger partial charge in [0.15, 0.2) is 0 Å². The summed E-state index contributed by atoms with van der Waals surface area (Å²) < 4.78 is 2.54. The SMILES string of the molecule is NC(=O)c1ccc(-c2nn3c(Br)cnc3s2)cc1. The third kappa shape index (κ3) is 1.81. The number of nitrogens with two attached hydrogens (primary N) is 1. The van der Waals surface area contributed by atoms with Gasteiger partial charge in [0.05, 0.1) is 6.20 Å². The van der Waals surface area contributed by atoms with E-state index in [2.05, 4.69) is 26.0 Å². The van der Waals surface area contributed by atoms with E-state index in [4.69, 9.17) is 5.73 Å². The summed E-state index contributed by atoms with van der Waals surface area (Å²) in [5.74, 6) is -0.432. The number of carbonyl (C=O) groups excluding carboxylic acids is 1. The second kappa shape index (κ2) is 4.18. The highest BCUT2D eigenvalue weighted by atomic mass is 79.9. The average Bonchev–Trinajstić information content (AvgIpc) is 2.92. The van der Waals surface area contributed by atoms with Crippen molar-refractivity contribution in [1.82, 2.24) is 14.6 Å². The van der Waals surface area contributed by atoms with E-state index in [1.54, 1.807) is 22.8 Å². The number of nitrogens with zero attached hydrogens (tertiary/aromatic N) is 3. The van der Waals surface area contributed by atoms with Crippen LogP contribution in [-0.2, 0) is 0 Å². The van der Waals surface area contributed by atoms with Crippen LogP contribution in [0.4, 0.5) is 0 Å². The van der Waals surface area contributed by atoms with Crippen molar-refractivity contribution < 1.29 is 4.79 Å². The van der Waals surface area contributed by atoms with E-state index in [9.17, 15) is 4.79 Å². The lowest BCUT2D eigenvalue weighted by molar-refractivity contribution is 0.100. The van der Waals surface area contributed by atoms with Crippen LogP contribution in [0.1, 0.15) is 10.4 Å². The predicted molar refractivity (Wildman–Crippen MR) is 72.5 cm³/mol. The smallest absolute Gasteiger partial charge is 0.248 e. The fourth-order valence-corrected chi connectivity index (χ4v) is 2.91. The van der Waals surface area contributed by atoms with Gasteiger partial charge in [-0.3, -0.25) is 4.79 Å². The maximum absolute atomic E-state index is 11.0. The Morgan fingerprint density at radius 1 is 1.33 bits per heavy atom. The topological polar surface area (TPSA) is 73.3 Å². The molecule has 0 radical (unpaired) electrons. The lowest BCUT2D eigenvalue weighted by Gasteiger charge is -1.97. The van der Waals surface area contributed by atoms with E-state index < -0.39 is 5.91 Å². The van der Waals surface area contributed by atoms with Crippen molar-refractivity contribution in [3.63, 3.8) is 0 Å². The first-order valence-electron chi connectivity index (χ1n) is 5.05. The maximum atomic E-state index is 11.0. The molecule has 0 atom stereocenters. The molecule has 3 aromatic rings. The molecular weight excluding hydrogens is 316 g/mol. The Bertz CT molecular complexity index is 731. The van der Waals surface area contributed by atoms with Crippen LogP contribution in [0, 0.1) is 0 Å². The number of hydrogen-bond donors (Lipinski definition) is 1. The number of carbonyl (C=O) groups is 1. The zero-order valence-corrected chi connectivity index (χ0v) is 11.4. The molecule has 1 aromatic carbocycles. The van der Waals surface area contributed by atoms with Gasteiger partial charge in [-0.2, -0.15) is 9.61 Å². The minimum absolute atomic E-state index is 0.432. The lowest BCUT2D eigenvalue weighted by Crippen LogP contribution is -2.10. The van der Waals surface area contributed by atoms with Crippen molar-refractivity contribution in [3.05, 3.63) is 40.6 Å². The van der Waals surface area contributed by atoms with E-state index in [1.807, 2.05) is 12.1 Å². The summed E-state index contributed by atoms with van der Waals surface area (Å²) in [6.45, 7) is 0. The van der Waals surface area contributed by atoms with Crippen LogP contribution >= 0.6 is 27.3 Å². The molecule has 18 heavy (non-hydrogen) atoms. The van der Waals surface area contributed by atoms with Gasteiger partial charge in [0.1, 0.15) is 9.61 Å². The number of aromatic nitrogens is 3. The molecule has 0 spiro atoms. The molecule has 2 N–H and O–H groups in total. The standard InChI is InChI=1S/C11H7BrN4OS/c12-8-5-14-11-16(8)15-10(18-11)7-3-1-6(2-4-7)9(13)17/h1-5H,(H2,13,17). The molecule has 90 valence electrons. The molecule has 0 fully saturated rings. The third-order valence-corrected chi connectivity index (χ3v) is 3.97. The zero-order chi connectivity index (χ0) is 12.7. The van der Waals surface area contributed by atoms with Gasteiger partial charge in [0.25, 0.3) is 0 Å². The summed E-state index contributed by atoms with van der Waals surface area (Å²) in [5.41, 5.74) is 6.61. The number of halogens is 1. The summed E-state index contributed by atoms with van der Waals surface area (Å²) >= 11 is 4.85. The maximum Gasteiger partial charge on any atom is 0.248 e. The van der Waals surface area contributed by atoms with Gasteiger partial charge in [0.2, 0.25) is 10.9 Å². The molecule has 0 aliphatic carbocycles. The number of fused-ring (bicyclic) bond motifs is 1. The summed E-state index contributed by atoms with van der Waals surface area (Å²) in [6, 6.07) is 7.03. The molecule has 0 aliphatic rings. The van der Waals surface area contributed by atoms with E-state index in [1.165, 1.54) is 11.3 Å². The first-order valence-corrected chi connectivity index (χ1v) is 6.66. The number of primary amides is 1. The van der Waals surface area contributed by atoms with Crippen molar-refractivity contribution in [1.29, 1.82) is 0 Å². The summed E-state index contributed by atoms with van der Waals surface area (Å²) in [4.78, 5) is 16.0. The first-order chi connectivity index (χ1) is 8.65. The van der Waals surface area contributed by atoms with Crippen molar-refractivity contribution in [2.24, 2.45) is 5.73 Å². The molecule has 0 aliphatic heterocycles. The Kier molecular flexibility index (Phi) is 2.64. The van der Waals surface area contributed by atoms with Gasteiger partial charge >= 0.3 is 0 Å². The van der Waals surface area contributed by atoms with Crippen molar-refractivity contribution in [3.8, 4) is 10.6 Å². The molecule has 2 heterocycles. The Morgan fingerprint density at radius 2 is 2.06 bits per heavy atom. The molecule has 2 aromatic heterocycles. The summed E-state index contributed by atoms with van der Waals surface area (Å²) in [5, 5.41) is 5.27. The Balaban J connectivity index is 2.05. The normalized spacial score (nSPS) is 10.9. The molecule has 0 saturated carbocycles. The van der Waals surface area contributed by atoms with Crippen LogP contribution in [0.5, 0.6) is 0 Å². The summed E-state index contributed by atoms with van der Waals surface area (Å²) in [7, 11) is 0. The van der Waals surface area contributed by atoms with Crippen LogP contribution in [0.3, 0.4) is 0 Å². The van der Waals surface area contributed by atoms with E-state index >= 15 is 0 Å². The quantitative estimate of drug-likeness (QED) is 0.786. The van der Waals surface area contributed by atoms with Gasteiger partial charge in [-0.1, -0.05) is 23.5 Å². The molecule has 0 bridgehead atoms. The Hall–Kier alpha value is -1.73. The lowest BCUT2D eigenvalue weighted by atomic mass is 10.1. The fourth-order valence-electron chi connectivity index (χ4n) is 1.56. The van der Waals surface area contributed by atoms with Gasteiger partial charge in [-0.25, -0.2) is 4.98 Å². The minimum Gasteiger partial charge on any atom is -0.366 e. The molecule has 3 rings (SSSR count). The number of imidazole rings is 1. The number of amides is 1. The van der Waals surface area contributed by atoms with Crippen LogP contribution in [0.15, 0.2) is 35.1 Å². The predicted octanol–water partition coefficient (Wildman–Crippen LogP) is 2.32. The number of rotatable bonds is 2. The Labute approximate surface area is 114 Å². The van der Waals surface area contributed by atoms with Gasteiger partial charge in [-0.05, 0) is 28.1 Å². The highest BCUT2D eigenvalue weighted by molar-refractivity contribution is 9.10. The number of benzene rings is 1. The molecule has 0 unspecified atom stereocenters. The molecular formula is C11H7BrN4OS. The van der Waals surface area contributed by atoms with Gasteiger partial charge < -0.3 is 5.73 Å². The van der Waals surface area contributed by atoms with Crippen LogP contribution < -0.4 is 5.73 Å². The van der Waals surface area contributed by atoms with Crippen molar-refractivity contribution in [2.45, 2.75) is 0 Å². The highest BCUT2D eigenvalue weighted by Gasteiger charge is 2.10. The highest BCUT2D eigenvalue weighted by Crippen LogP contribution is 2.27. The second-order valence-corrected chi connectivity index (χ2v) is 5.39.